The second-order valence-corrected chi connectivity index (χ2v) is 4.54. The summed E-state index contributed by atoms with van der Waals surface area (Å²) in [5.74, 6) is 0. The predicted octanol–water partition coefficient (Wildman–Crippen LogP) is 3.75. The molecule has 2 nitrogen and oxygen atoms in total. The molecule has 0 fully saturated rings. The van der Waals surface area contributed by atoms with Crippen molar-refractivity contribution >= 4 is 0 Å². The molecule has 0 aliphatic heterocycles. The Kier molecular flexibility index (Phi) is 4.59. The molecule has 1 aromatic carbocycles. The highest BCUT2D eigenvalue weighted by Gasteiger charge is 2.08. The molecule has 2 rings (SSSR count). The largest absolute Gasteiger partial charge is 0.351 e. The summed E-state index contributed by atoms with van der Waals surface area (Å²) in [4.78, 5) is 0. The highest BCUT2D eigenvalue weighted by molar-refractivity contribution is 5.19. The fourth-order valence-corrected chi connectivity index (χ4v) is 2.33. The summed E-state index contributed by atoms with van der Waals surface area (Å²) in [6, 6.07) is 15.4. The van der Waals surface area contributed by atoms with E-state index < -0.39 is 0 Å². The molecule has 1 atom stereocenters. The second-order valence-electron chi connectivity index (χ2n) is 4.54. The van der Waals surface area contributed by atoms with Crippen molar-refractivity contribution in [1.82, 2.24) is 9.88 Å². The molecular weight excluding hydrogens is 220 g/mol. The van der Waals surface area contributed by atoms with Crippen LogP contribution in [0.15, 0.2) is 48.7 Å². The van der Waals surface area contributed by atoms with Gasteiger partial charge in [-0.1, -0.05) is 37.3 Å². The Morgan fingerprint density at radius 2 is 1.83 bits per heavy atom. The number of rotatable bonds is 6. The molecule has 0 aliphatic rings. The fraction of sp³-hybridized carbons (Fsp3) is 0.375. The van der Waals surface area contributed by atoms with Crippen molar-refractivity contribution in [3.05, 3.63) is 59.9 Å². The van der Waals surface area contributed by atoms with E-state index in [1.54, 1.807) is 0 Å². The van der Waals surface area contributed by atoms with Crippen LogP contribution in [-0.4, -0.2) is 4.57 Å². The fourth-order valence-electron chi connectivity index (χ4n) is 2.33. The van der Waals surface area contributed by atoms with Gasteiger partial charge in [-0.05, 0) is 31.0 Å². The smallest absolute Gasteiger partial charge is 0.0364 e. The van der Waals surface area contributed by atoms with Crippen LogP contribution in [0.1, 0.15) is 37.6 Å². The summed E-state index contributed by atoms with van der Waals surface area (Å²) in [6.45, 7) is 6.36. The summed E-state index contributed by atoms with van der Waals surface area (Å²) < 4.78 is 2.28. The topological polar surface area (TPSA) is 17.0 Å². The van der Waals surface area contributed by atoms with Crippen molar-refractivity contribution in [3.63, 3.8) is 0 Å². The quantitative estimate of drug-likeness (QED) is 0.816. The molecule has 1 unspecified atom stereocenters. The molecule has 1 heterocycles. The summed E-state index contributed by atoms with van der Waals surface area (Å²) in [5, 5.41) is 3.64. The van der Waals surface area contributed by atoms with Crippen molar-refractivity contribution in [1.29, 1.82) is 0 Å². The third-order valence-electron chi connectivity index (χ3n) is 3.40. The molecule has 0 amide bonds. The average Bonchev–Trinajstić information content (AvgIpc) is 2.88. The Morgan fingerprint density at radius 3 is 2.50 bits per heavy atom. The molecule has 1 aromatic heterocycles. The van der Waals surface area contributed by atoms with Gasteiger partial charge in [0, 0.05) is 31.0 Å². The van der Waals surface area contributed by atoms with Crippen LogP contribution in [0.25, 0.3) is 0 Å². The van der Waals surface area contributed by atoms with Crippen molar-refractivity contribution in [2.45, 2.75) is 39.4 Å². The first-order chi connectivity index (χ1) is 8.85. The van der Waals surface area contributed by atoms with Gasteiger partial charge < -0.3 is 9.88 Å². The zero-order valence-electron chi connectivity index (χ0n) is 11.3. The first kappa shape index (κ1) is 12.9. The number of hydrogen-bond donors (Lipinski definition) is 1. The Balaban J connectivity index is 2.00. The predicted molar refractivity (Wildman–Crippen MR) is 76.4 cm³/mol. The van der Waals surface area contributed by atoms with Gasteiger partial charge in [-0.2, -0.15) is 0 Å². The molecule has 0 radical (unpaired) electrons. The van der Waals surface area contributed by atoms with Crippen molar-refractivity contribution in [3.8, 4) is 0 Å². The van der Waals surface area contributed by atoms with Gasteiger partial charge in [0.2, 0.25) is 0 Å². The minimum absolute atomic E-state index is 0.436. The van der Waals surface area contributed by atoms with Gasteiger partial charge in [-0.25, -0.2) is 0 Å². The summed E-state index contributed by atoms with van der Waals surface area (Å²) in [6.07, 6.45) is 3.25. The Labute approximate surface area is 110 Å². The van der Waals surface area contributed by atoms with Crippen molar-refractivity contribution in [2.75, 3.05) is 0 Å². The highest BCUT2D eigenvalue weighted by Crippen LogP contribution is 2.16. The molecule has 2 heteroatoms. The Hall–Kier alpha value is -1.54. The molecule has 0 saturated carbocycles. The zero-order valence-corrected chi connectivity index (χ0v) is 11.3. The van der Waals surface area contributed by atoms with Crippen molar-refractivity contribution < 1.29 is 0 Å². The van der Waals surface area contributed by atoms with Crippen LogP contribution >= 0.6 is 0 Å². The summed E-state index contributed by atoms with van der Waals surface area (Å²) >= 11 is 0. The lowest BCUT2D eigenvalue weighted by Crippen LogP contribution is -2.21. The minimum atomic E-state index is 0.436. The van der Waals surface area contributed by atoms with Crippen LogP contribution < -0.4 is 5.32 Å². The molecule has 96 valence electrons. The van der Waals surface area contributed by atoms with Crippen LogP contribution in [0.3, 0.4) is 0 Å². The minimum Gasteiger partial charge on any atom is -0.351 e. The van der Waals surface area contributed by atoms with Gasteiger partial charge in [0.05, 0.1) is 0 Å². The number of benzene rings is 1. The zero-order chi connectivity index (χ0) is 12.8. The molecule has 0 aliphatic carbocycles. The number of hydrogen-bond acceptors (Lipinski definition) is 1. The lowest BCUT2D eigenvalue weighted by Gasteiger charge is -2.18. The summed E-state index contributed by atoms with van der Waals surface area (Å²) in [5.41, 5.74) is 2.72. The molecule has 0 bridgehead atoms. The van der Waals surface area contributed by atoms with E-state index in [2.05, 4.69) is 72.4 Å². The summed E-state index contributed by atoms with van der Waals surface area (Å²) in [7, 11) is 0. The molecule has 2 aromatic rings. The third-order valence-corrected chi connectivity index (χ3v) is 3.40. The standard InChI is InChI=1S/C16H22N2/c1-3-16(14-9-6-5-7-10-14)17-13-15-11-8-12-18(15)4-2/h5-12,16-17H,3-4,13H2,1-2H3. The normalized spacial score (nSPS) is 12.6. The van der Waals surface area contributed by atoms with E-state index in [-0.39, 0.29) is 0 Å². The average molecular weight is 242 g/mol. The molecular formula is C16H22N2. The van der Waals surface area contributed by atoms with Crippen LogP contribution in [0, 0.1) is 0 Å². The van der Waals surface area contributed by atoms with Gasteiger partial charge in [-0.15, -0.1) is 0 Å². The van der Waals surface area contributed by atoms with Crippen molar-refractivity contribution in [2.24, 2.45) is 0 Å². The highest BCUT2D eigenvalue weighted by atomic mass is 15.0. The molecule has 1 N–H and O–H groups in total. The second kappa shape index (κ2) is 6.41. The lowest BCUT2D eigenvalue weighted by molar-refractivity contribution is 0.504. The van der Waals surface area contributed by atoms with Crippen LogP contribution in [0.2, 0.25) is 0 Å². The van der Waals surface area contributed by atoms with Gasteiger partial charge in [0.1, 0.15) is 0 Å². The van der Waals surface area contributed by atoms with Gasteiger partial charge in [0.25, 0.3) is 0 Å². The van der Waals surface area contributed by atoms with E-state index in [1.165, 1.54) is 11.3 Å². The molecule has 0 spiro atoms. The number of nitrogens with one attached hydrogen (secondary N) is 1. The van der Waals surface area contributed by atoms with Crippen LogP contribution in [-0.2, 0) is 13.1 Å². The monoisotopic (exact) mass is 242 g/mol. The maximum absolute atomic E-state index is 3.64. The van der Waals surface area contributed by atoms with Gasteiger partial charge in [0.15, 0.2) is 0 Å². The maximum atomic E-state index is 3.64. The number of aryl methyl sites for hydroxylation is 1. The van der Waals surface area contributed by atoms with Crippen LogP contribution in [0.5, 0.6) is 0 Å². The van der Waals surface area contributed by atoms with E-state index in [0.29, 0.717) is 6.04 Å². The Bertz CT molecular complexity index is 459. The third kappa shape index (κ3) is 3.02. The first-order valence-corrected chi connectivity index (χ1v) is 6.77. The van der Waals surface area contributed by atoms with E-state index in [9.17, 15) is 0 Å². The van der Waals surface area contributed by atoms with Gasteiger partial charge >= 0.3 is 0 Å². The van der Waals surface area contributed by atoms with Crippen LogP contribution in [0.4, 0.5) is 0 Å². The maximum Gasteiger partial charge on any atom is 0.0364 e. The van der Waals surface area contributed by atoms with Gasteiger partial charge in [-0.3, -0.25) is 0 Å². The lowest BCUT2D eigenvalue weighted by atomic mass is 10.0. The number of aromatic nitrogens is 1. The number of nitrogens with zero attached hydrogens (tertiary/aromatic N) is 1. The molecule has 0 saturated heterocycles. The van der Waals surface area contributed by atoms with E-state index in [0.717, 1.165) is 19.5 Å². The Morgan fingerprint density at radius 1 is 1.06 bits per heavy atom. The SMILES string of the molecule is CCC(NCc1cccn1CC)c1ccccc1. The van der Waals surface area contributed by atoms with E-state index in [4.69, 9.17) is 0 Å². The first-order valence-electron chi connectivity index (χ1n) is 6.77. The molecule has 18 heavy (non-hydrogen) atoms. The van der Waals surface area contributed by atoms with E-state index >= 15 is 0 Å². The van der Waals surface area contributed by atoms with E-state index in [1.807, 2.05) is 0 Å².